The van der Waals surface area contributed by atoms with Crippen LogP contribution >= 0.6 is 24.8 Å². The van der Waals surface area contributed by atoms with E-state index in [1.54, 1.807) is 32.0 Å². The second-order valence-electron chi connectivity index (χ2n) is 7.41. The van der Waals surface area contributed by atoms with Crippen molar-refractivity contribution in [2.75, 3.05) is 24.7 Å². The lowest BCUT2D eigenvalue weighted by Gasteiger charge is -2.15. The Morgan fingerprint density at radius 1 is 1.29 bits per heavy atom. The molecule has 0 aliphatic heterocycles. The topological polar surface area (TPSA) is 124 Å². The van der Waals surface area contributed by atoms with Crippen LogP contribution in [0.15, 0.2) is 40.2 Å². The Kier molecular flexibility index (Phi) is 10.8. The van der Waals surface area contributed by atoms with Crippen LogP contribution < -0.4 is 21.3 Å². The van der Waals surface area contributed by atoms with Crippen LogP contribution in [-0.2, 0) is 17.6 Å². The zero-order valence-corrected chi connectivity index (χ0v) is 21.1. The van der Waals surface area contributed by atoms with Crippen LogP contribution in [0.3, 0.4) is 0 Å². The molecule has 0 atom stereocenters. The van der Waals surface area contributed by atoms with E-state index in [0.29, 0.717) is 29.9 Å². The molecule has 12 heteroatoms. The molecule has 0 saturated heterocycles. The van der Waals surface area contributed by atoms with Gasteiger partial charge in [0.15, 0.2) is 23.2 Å². The molecule has 1 amide bonds. The van der Waals surface area contributed by atoms with E-state index in [9.17, 15) is 14.0 Å². The summed E-state index contributed by atoms with van der Waals surface area (Å²) < 4.78 is 20.2. The van der Waals surface area contributed by atoms with E-state index in [-0.39, 0.29) is 54.3 Å². The summed E-state index contributed by atoms with van der Waals surface area (Å²) in [6.07, 6.45) is 2.03. The number of carbonyl (C=O) groups excluding carboxylic acids is 1. The number of carbonyl (C=O) groups is 1. The summed E-state index contributed by atoms with van der Waals surface area (Å²) in [4.78, 5) is 36.8. The molecule has 3 aromatic rings. The first-order chi connectivity index (χ1) is 15.7. The Morgan fingerprint density at radius 2 is 2.00 bits per heavy atom. The van der Waals surface area contributed by atoms with E-state index < -0.39 is 17.3 Å². The Balaban J connectivity index is 0.00000306. The minimum absolute atomic E-state index is 0. The van der Waals surface area contributed by atoms with Gasteiger partial charge in [-0.2, -0.15) is 0 Å². The quantitative estimate of drug-likeness (QED) is 0.433. The van der Waals surface area contributed by atoms with Gasteiger partial charge < -0.3 is 15.8 Å². The second-order valence-corrected chi connectivity index (χ2v) is 7.41. The summed E-state index contributed by atoms with van der Waals surface area (Å²) >= 11 is 0. The fraction of sp³-hybridized carbons (Fsp3) is 0.261. The van der Waals surface area contributed by atoms with Gasteiger partial charge in [0.2, 0.25) is 5.91 Å². The van der Waals surface area contributed by atoms with Crippen LogP contribution in [0, 0.1) is 19.7 Å². The number of aliphatic imine (C=N–C) groups is 1. The molecule has 0 aliphatic carbocycles. The number of rotatable bonds is 8. The van der Waals surface area contributed by atoms with E-state index in [0.717, 1.165) is 5.56 Å². The summed E-state index contributed by atoms with van der Waals surface area (Å²) in [7, 11) is 1.41. The molecule has 0 unspecified atom stereocenters. The van der Waals surface area contributed by atoms with Crippen LogP contribution in [-0.4, -0.2) is 40.8 Å². The number of hydrogen-bond acceptors (Lipinski definition) is 7. The Labute approximate surface area is 214 Å². The highest BCUT2D eigenvalue weighted by atomic mass is 35.5. The van der Waals surface area contributed by atoms with Crippen molar-refractivity contribution < 1.29 is 13.9 Å². The SMILES string of the molecule is C=NC(=O)Cc1cc(N)c(-n2c(C)cnc(NCCc3ccc(OC)c(F)c3)c2=O)nc1C.Cl.Cl. The number of nitrogen functional groups attached to an aromatic ring is 1. The average Bonchev–Trinajstić information content (AvgIpc) is 2.78. The van der Waals surface area contributed by atoms with Crippen LogP contribution in [0.2, 0.25) is 0 Å². The van der Waals surface area contributed by atoms with E-state index in [2.05, 4.69) is 27.0 Å². The summed E-state index contributed by atoms with van der Waals surface area (Å²) in [6.45, 7) is 7.03. The lowest BCUT2D eigenvalue weighted by atomic mass is 10.1. The standard InChI is InChI=1S/C23H25FN6O3.2ClH/c1-13-12-28-21(27-8-7-15-5-6-19(33-4)17(24)9-15)23(32)30(13)22-18(25)10-16(14(2)29-22)11-20(31)26-3;;/h5-6,9-10,12H,3,7-8,11,25H2,1-2,4H3,(H,27,28);2*1H. The molecule has 0 spiro atoms. The lowest BCUT2D eigenvalue weighted by Crippen LogP contribution is -2.27. The molecule has 0 saturated carbocycles. The van der Waals surface area contributed by atoms with Gasteiger partial charge in [-0.05, 0) is 56.3 Å². The maximum atomic E-state index is 13.9. The highest BCUT2D eigenvalue weighted by molar-refractivity contribution is 5.85. The van der Waals surface area contributed by atoms with Crippen molar-refractivity contribution in [3.8, 4) is 11.6 Å². The van der Waals surface area contributed by atoms with Gasteiger partial charge in [-0.1, -0.05) is 6.07 Å². The highest BCUT2D eigenvalue weighted by Crippen LogP contribution is 2.21. The van der Waals surface area contributed by atoms with E-state index in [1.165, 1.54) is 23.9 Å². The lowest BCUT2D eigenvalue weighted by molar-refractivity contribution is -0.117. The van der Waals surface area contributed by atoms with E-state index in [1.807, 2.05) is 0 Å². The molecule has 0 bridgehead atoms. The summed E-state index contributed by atoms with van der Waals surface area (Å²) in [5.74, 6) is -0.306. The number of benzene rings is 1. The number of anilines is 2. The predicted octanol–water partition coefficient (Wildman–Crippen LogP) is 3.24. The maximum absolute atomic E-state index is 13.9. The summed E-state index contributed by atoms with van der Waals surface area (Å²) in [5.41, 5.74) is 8.43. The van der Waals surface area contributed by atoms with Crippen LogP contribution in [0.1, 0.15) is 22.5 Å². The zero-order chi connectivity index (χ0) is 24.1. The van der Waals surface area contributed by atoms with Gasteiger partial charge in [-0.3, -0.25) is 14.2 Å². The Bertz CT molecular complexity index is 1280. The number of nitrogens with one attached hydrogen (secondary N) is 1. The van der Waals surface area contributed by atoms with Crippen molar-refractivity contribution in [1.82, 2.24) is 14.5 Å². The van der Waals surface area contributed by atoms with Gasteiger partial charge >= 0.3 is 0 Å². The molecule has 2 aromatic heterocycles. The van der Waals surface area contributed by atoms with Gasteiger partial charge in [-0.25, -0.2) is 19.4 Å². The molecule has 1 aromatic carbocycles. The first-order valence-electron chi connectivity index (χ1n) is 10.2. The molecule has 3 rings (SSSR count). The third kappa shape index (κ3) is 6.77. The first-order valence-corrected chi connectivity index (χ1v) is 10.2. The minimum atomic E-state index is -0.447. The van der Waals surface area contributed by atoms with Crippen molar-refractivity contribution in [2.24, 2.45) is 4.99 Å². The molecule has 188 valence electrons. The van der Waals surface area contributed by atoms with E-state index in [4.69, 9.17) is 10.5 Å². The van der Waals surface area contributed by atoms with Crippen LogP contribution in [0.4, 0.5) is 15.9 Å². The number of hydrogen-bond donors (Lipinski definition) is 2. The van der Waals surface area contributed by atoms with E-state index >= 15 is 0 Å². The molecular weight excluding hydrogens is 498 g/mol. The van der Waals surface area contributed by atoms with Crippen molar-refractivity contribution in [1.29, 1.82) is 0 Å². The van der Waals surface area contributed by atoms with Gasteiger partial charge in [0.25, 0.3) is 5.56 Å². The normalized spacial score (nSPS) is 10.1. The van der Waals surface area contributed by atoms with Crippen LogP contribution in [0.5, 0.6) is 5.75 Å². The largest absolute Gasteiger partial charge is 0.494 e. The highest BCUT2D eigenvalue weighted by Gasteiger charge is 2.16. The fourth-order valence-electron chi connectivity index (χ4n) is 3.34. The molecule has 0 radical (unpaired) electrons. The number of aryl methyl sites for hydroxylation is 2. The fourth-order valence-corrected chi connectivity index (χ4v) is 3.34. The number of methoxy groups -OCH3 is 1. The number of halogens is 3. The minimum Gasteiger partial charge on any atom is -0.494 e. The smallest absolute Gasteiger partial charge is 0.299 e. The maximum Gasteiger partial charge on any atom is 0.299 e. The average molecular weight is 525 g/mol. The monoisotopic (exact) mass is 524 g/mol. The number of nitrogens with two attached hydrogens (primary N) is 1. The van der Waals surface area contributed by atoms with Crippen molar-refractivity contribution >= 4 is 48.9 Å². The number of aromatic nitrogens is 3. The Hall–Kier alpha value is -3.50. The van der Waals surface area contributed by atoms with Gasteiger partial charge in [0.05, 0.1) is 19.2 Å². The van der Waals surface area contributed by atoms with Gasteiger partial charge in [0.1, 0.15) is 0 Å². The third-order valence-corrected chi connectivity index (χ3v) is 5.12. The van der Waals surface area contributed by atoms with Crippen LogP contribution in [0.25, 0.3) is 5.82 Å². The van der Waals surface area contributed by atoms with Crippen molar-refractivity contribution in [3.63, 3.8) is 0 Å². The predicted molar refractivity (Wildman–Crippen MR) is 139 cm³/mol. The van der Waals surface area contributed by atoms with Gasteiger partial charge in [-0.15, -0.1) is 24.8 Å². The number of amides is 1. The summed E-state index contributed by atoms with van der Waals surface area (Å²) in [6, 6.07) is 6.31. The molecule has 2 heterocycles. The molecule has 3 N–H and O–H groups in total. The second kappa shape index (κ2) is 12.8. The molecule has 9 nitrogen and oxygen atoms in total. The number of ether oxygens (including phenoxy) is 1. The Morgan fingerprint density at radius 3 is 2.63 bits per heavy atom. The molecule has 35 heavy (non-hydrogen) atoms. The third-order valence-electron chi connectivity index (χ3n) is 5.12. The zero-order valence-electron chi connectivity index (χ0n) is 19.5. The van der Waals surface area contributed by atoms with Gasteiger partial charge in [0, 0.05) is 24.1 Å². The number of nitrogens with zero attached hydrogens (tertiary/aromatic N) is 4. The first kappa shape index (κ1) is 29.5. The van der Waals surface area contributed by atoms with Crippen molar-refractivity contribution in [2.45, 2.75) is 26.7 Å². The van der Waals surface area contributed by atoms with Crippen molar-refractivity contribution in [3.05, 3.63) is 69.1 Å². The molecule has 0 fully saturated rings. The summed E-state index contributed by atoms with van der Waals surface area (Å²) in [5, 5.41) is 3.00. The number of pyridine rings is 1. The molecular formula is C23H27Cl2FN6O3. The molecule has 0 aliphatic rings.